The Morgan fingerprint density at radius 3 is 2.30 bits per heavy atom. The van der Waals surface area contributed by atoms with Crippen LogP contribution in [-0.4, -0.2) is 30.8 Å². The number of pyridine rings is 1. The van der Waals surface area contributed by atoms with Gasteiger partial charge in [0.05, 0.1) is 12.6 Å². The number of benzene rings is 4. The lowest BCUT2D eigenvalue weighted by atomic mass is 9.94. The molecule has 0 bridgehead atoms. The molecule has 0 radical (unpaired) electrons. The summed E-state index contributed by atoms with van der Waals surface area (Å²) in [6.45, 7) is 2.21. The first-order chi connectivity index (χ1) is 22.2. The third-order valence-electron chi connectivity index (χ3n) is 7.38. The summed E-state index contributed by atoms with van der Waals surface area (Å²) >= 11 is 3.98. The Bertz CT molecular complexity index is 1920. The zero-order chi connectivity index (χ0) is 32.8. The van der Waals surface area contributed by atoms with Crippen molar-refractivity contribution in [3.8, 4) is 28.4 Å². The minimum Gasteiger partial charge on any atom is -0.493 e. The van der Waals surface area contributed by atoms with E-state index >= 15 is 0 Å². The molecule has 11 heteroatoms. The maximum Gasteiger partial charge on any atom is 0.254 e. The van der Waals surface area contributed by atoms with Crippen molar-refractivity contribution in [1.29, 1.82) is 0 Å². The van der Waals surface area contributed by atoms with Crippen molar-refractivity contribution < 1.29 is 27.0 Å². The van der Waals surface area contributed by atoms with Gasteiger partial charge in [0, 0.05) is 48.1 Å². The van der Waals surface area contributed by atoms with Crippen LogP contribution in [0.15, 0.2) is 108 Å². The monoisotopic (exact) mass is 664 g/mol. The molecule has 7 nitrogen and oxygen atoms in total. The van der Waals surface area contributed by atoms with Crippen molar-refractivity contribution in [2.75, 3.05) is 13.2 Å². The van der Waals surface area contributed by atoms with Crippen LogP contribution in [0.25, 0.3) is 11.1 Å². The van der Waals surface area contributed by atoms with Crippen LogP contribution in [0, 0.1) is 11.6 Å². The van der Waals surface area contributed by atoms with Gasteiger partial charge in [0.1, 0.15) is 17.3 Å². The van der Waals surface area contributed by atoms with Crippen molar-refractivity contribution in [2.24, 2.45) is 7.05 Å². The number of ether oxygens (including phenoxy) is 2. The average molecular weight is 665 g/mol. The summed E-state index contributed by atoms with van der Waals surface area (Å²) < 4.78 is 66.7. The molecule has 2 unspecified atom stereocenters. The van der Waals surface area contributed by atoms with E-state index in [0.717, 1.165) is 23.3 Å². The number of hydrogen-bond donors (Lipinski definition) is 1. The number of aromatic nitrogens is 1. The highest BCUT2D eigenvalue weighted by atomic mass is 35.5. The van der Waals surface area contributed by atoms with Gasteiger partial charge in [-0.1, -0.05) is 66.2 Å². The van der Waals surface area contributed by atoms with Crippen molar-refractivity contribution in [3.63, 3.8) is 0 Å². The molecule has 5 aromatic rings. The molecule has 0 saturated carbocycles. The van der Waals surface area contributed by atoms with Crippen LogP contribution < -0.4 is 15.0 Å². The van der Waals surface area contributed by atoms with Crippen LogP contribution in [0.4, 0.5) is 8.78 Å². The Balaban J connectivity index is 1.69. The highest BCUT2D eigenvalue weighted by molar-refractivity contribution is 7.76. The van der Waals surface area contributed by atoms with E-state index in [2.05, 4.69) is 0 Å². The quantitative estimate of drug-likeness (QED) is 0.137. The van der Waals surface area contributed by atoms with Gasteiger partial charge in [-0.05, 0) is 60.4 Å². The molecular formula is C35H31ClF2N2O5S. The van der Waals surface area contributed by atoms with Gasteiger partial charge < -0.3 is 14.0 Å². The second-order valence-electron chi connectivity index (χ2n) is 10.4. The summed E-state index contributed by atoms with van der Waals surface area (Å²) in [6.07, 6.45) is 1.97. The number of hydrogen-bond acceptors (Lipinski definition) is 4. The standard InChI is InChI=1S/C35H31ClF2N2O5S/c1-3-44-33-21-34(41)39(2)22-28(33)27-19-25(13-15-31(27)45-32-16-14-26(37)20-30(32)38)35(24-10-5-4-6-11-24)40(46(42)43)18-17-23-9-7-8-12-29(23)36/h4-16,19-22,35H,3,17-18H2,1-2H3,(H,42,43). The predicted molar refractivity (Wildman–Crippen MR) is 176 cm³/mol. The SMILES string of the molecule is CCOc1cc(=O)n(C)cc1-c1cc(C(c2ccccc2)N(CCc2ccccc2Cl)S(=O)O)ccc1Oc1ccc(F)cc1F. The van der Waals surface area contributed by atoms with Gasteiger partial charge >= 0.3 is 0 Å². The Kier molecular flexibility index (Phi) is 10.6. The van der Waals surface area contributed by atoms with Crippen LogP contribution >= 0.6 is 11.6 Å². The van der Waals surface area contributed by atoms with E-state index in [4.69, 9.17) is 21.1 Å². The summed E-state index contributed by atoms with van der Waals surface area (Å²) in [5, 5.41) is 0.553. The predicted octanol–water partition coefficient (Wildman–Crippen LogP) is 7.95. The normalized spacial score (nSPS) is 12.6. The van der Waals surface area contributed by atoms with Crippen molar-refractivity contribution in [3.05, 3.63) is 147 Å². The topological polar surface area (TPSA) is 81.0 Å². The van der Waals surface area contributed by atoms with Gasteiger partial charge in [0.15, 0.2) is 11.6 Å². The molecule has 0 fully saturated rings. The summed E-state index contributed by atoms with van der Waals surface area (Å²) in [5.74, 6) is -1.41. The average Bonchev–Trinajstić information content (AvgIpc) is 3.03. The van der Waals surface area contributed by atoms with Gasteiger partial charge in [-0.2, -0.15) is 4.31 Å². The lowest BCUT2D eigenvalue weighted by Crippen LogP contribution is -2.33. The van der Waals surface area contributed by atoms with Crippen molar-refractivity contribution in [1.82, 2.24) is 8.87 Å². The Morgan fingerprint density at radius 2 is 1.61 bits per heavy atom. The summed E-state index contributed by atoms with van der Waals surface area (Å²) in [5.41, 5.74) is 2.73. The molecule has 0 aliphatic heterocycles. The molecule has 5 rings (SSSR count). The molecule has 46 heavy (non-hydrogen) atoms. The van der Waals surface area contributed by atoms with Gasteiger partial charge in [0.25, 0.3) is 5.56 Å². The highest BCUT2D eigenvalue weighted by Gasteiger charge is 2.28. The number of nitrogens with zero attached hydrogens (tertiary/aromatic N) is 2. The highest BCUT2D eigenvalue weighted by Crippen LogP contribution is 2.42. The first kappa shape index (κ1) is 33.0. The molecule has 0 spiro atoms. The van der Waals surface area contributed by atoms with E-state index < -0.39 is 28.9 Å². The molecule has 1 N–H and O–H groups in total. The Labute approximate surface area is 273 Å². The minimum atomic E-state index is -2.42. The number of aryl methyl sites for hydroxylation is 1. The van der Waals surface area contributed by atoms with Gasteiger partial charge in [0.2, 0.25) is 11.3 Å². The second kappa shape index (κ2) is 14.8. The third-order valence-corrected chi connectivity index (χ3v) is 8.54. The second-order valence-corrected chi connectivity index (χ2v) is 11.7. The molecule has 2 atom stereocenters. The van der Waals surface area contributed by atoms with Crippen LogP contribution in [0.3, 0.4) is 0 Å². The summed E-state index contributed by atoms with van der Waals surface area (Å²) in [6, 6.07) is 25.2. The number of halogens is 3. The van der Waals surface area contributed by atoms with Crippen LogP contribution in [0.5, 0.6) is 17.2 Å². The Morgan fingerprint density at radius 1 is 0.891 bits per heavy atom. The molecule has 0 saturated heterocycles. The maximum absolute atomic E-state index is 14.8. The van der Waals surface area contributed by atoms with E-state index in [1.807, 2.05) is 48.5 Å². The first-order valence-electron chi connectivity index (χ1n) is 14.4. The largest absolute Gasteiger partial charge is 0.493 e. The van der Waals surface area contributed by atoms with Crippen LogP contribution in [0.1, 0.15) is 29.7 Å². The van der Waals surface area contributed by atoms with Crippen LogP contribution in [0.2, 0.25) is 5.02 Å². The fourth-order valence-corrected chi connectivity index (χ4v) is 6.07. The lowest BCUT2D eigenvalue weighted by Gasteiger charge is -2.30. The van der Waals surface area contributed by atoms with E-state index in [0.29, 0.717) is 28.1 Å². The molecule has 1 aromatic heterocycles. The molecule has 4 aromatic carbocycles. The van der Waals surface area contributed by atoms with E-state index in [1.165, 1.54) is 21.0 Å². The van der Waals surface area contributed by atoms with Crippen LogP contribution in [-0.2, 0) is 24.7 Å². The van der Waals surface area contributed by atoms with Crippen molar-refractivity contribution >= 4 is 22.9 Å². The summed E-state index contributed by atoms with van der Waals surface area (Å²) in [7, 11) is 1.59. The lowest BCUT2D eigenvalue weighted by molar-refractivity contribution is 0.340. The molecule has 238 valence electrons. The minimum absolute atomic E-state index is 0.171. The molecule has 0 aliphatic carbocycles. The molecule has 0 amide bonds. The van der Waals surface area contributed by atoms with Gasteiger partial charge in [-0.3, -0.25) is 9.35 Å². The van der Waals surface area contributed by atoms with Gasteiger partial charge in [-0.15, -0.1) is 0 Å². The first-order valence-corrected chi connectivity index (χ1v) is 15.9. The van der Waals surface area contributed by atoms with E-state index in [9.17, 15) is 22.3 Å². The zero-order valence-corrected chi connectivity index (χ0v) is 26.6. The third kappa shape index (κ3) is 7.54. The maximum atomic E-state index is 14.8. The molecular weight excluding hydrogens is 634 g/mol. The van der Waals surface area contributed by atoms with Crippen molar-refractivity contribution in [2.45, 2.75) is 19.4 Å². The summed E-state index contributed by atoms with van der Waals surface area (Å²) in [4.78, 5) is 12.6. The zero-order valence-electron chi connectivity index (χ0n) is 25.0. The molecule has 1 heterocycles. The van der Waals surface area contributed by atoms with E-state index in [1.54, 1.807) is 44.4 Å². The smallest absolute Gasteiger partial charge is 0.254 e. The fraction of sp³-hybridized carbons (Fsp3) is 0.171. The van der Waals surface area contributed by atoms with Gasteiger partial charge in [-0.25, -0.2) is 13.0 Å². The fourth-order valence-electron chi connectivity index (χ4n) is 5.17. The number of rotatable bonds is 12. The molecule has 0 aliphatic rings. The Hall–Kier alpha value is -4.35. The van der Waals surface area contributed by atoms with E-state index in [-0.39, 0.29) is 36.0 Å².